The number of urea groups is 1. The Morgan fingerprint density at radius 3 is 2.90 bits per heavy atom. The maximum absolute atomic E-state index is 12.0. The van der Waals surface area contributed by atoms with Gasteiger partial charge in [0.2, 0.25) is 5.95 Å². The number of H-pyrrole nitrogens is 2. The Hall–Kier alpha value is -2.43. The lowest BCUT2D eigenvalue weighted by molar-refractivity contribution is 0.250. The fourth-order valence-corrected chi connectivity index (χ4v) is 4.69. The summed E-state index contributed by atoms with van der Waals surface area (Å²) in [5.41, 5.74) is -0.0931. The molecule has 0 radical (unpaired) electrons. The molecule has 0 unspecified atom stereocenters. The predicted molar refractivity (Wildman–Crippen MR) is 71.7 cm³/mol. The number of rotatable bonds is 1. The number of anilines is 1. The van der Waals surface area contributed by atoms with Crippen molar-refractivity contribution >= 4 is 33.0 Å². The molecule has 110 valence electrons. The fourth-order valence-electron chi connectivity index (χ4n) is 2.80. The molecule has 2 aromatic heterocycles. The molecule has 2 fully saturated rings. The van der Waals surface area contributed by atoms with E-state index in [0.717, 1.165) is 0 Å². The molecule has 2 aromatic rings. The van der Waals surface area contributed by atoms with E-state index < -0.39 is 33.5 Å². The third-order valence-corrected chi connectivity index (χ3v) is 5.41. The number of aromatic amines is 2. The number of hydrogen-bond donors (Lipinski definition) is 3. The van der Waals surface area contributed by atoms with Crippen LogP contribution in [0.2, 0.25) is 0 Å². The second kappa shape index (κ2) is 3.81. The minimum absolute atomic E-state index is 0.00157. The first-order chi connectivity index (χ1) is 9.94. The zero-order valence-corrected chi connectivity index (χ0v) is 11.3. The first kappa shape index (κ1) is 12.3. The third-order valence-electron chi connectivity index (χ3n) is 3.69. The van der Waals surface area contributed by atoms with Crippen molar-refractivity contribution in [2.24, 2.45) is 0 Å². The first-order valence-corrected chi connectivity index (χ1v) is 8.00. The monoisotopic (exact) mass is 310 g/mol. The van der Waals surface area contributed by atoms with Crippen molar-refractivity contribution < 1.29 is 13.2 Å². The molecular formula is C10H10N6O4S. The fraction of sp³-hybridized carbons (Fsp3) is 0.400. The molecule has 2 atom stereocenters. The zero-order valence-electron chi connectivity index (χ0n) is 10.5. The highest BCUT2D eigenvalue weighted by atomic mass is 32.2. The molecule has 21 heavy (non-hydrogen) atoms. The normalized spacial score (nSPS) is 27.0. The summed E-state index contributed by atoms with van der Waals surface area (Å²) in [6.45, 7) is 0. The number of nitrogens with one attached hydrogen (secondary N) is 3. The summed E-state index contributed by atoms with van der Waals surface area (Å²) >= 11 is 0. The van der Waals surface area contributed by atoms with E-state index in [-0.39, 0.29) is 28.6 Å². The van der Waals surface area contributed by atoms with Crippen molar-refractivity contribution in [1.82, 2.24) is 25.3 Å². The van der Waals surface area contributed by atoms with Crippen LogP contribution in [0.3, 0.4) is 0 Å². The number of nitrogens with zero attached hydrogens (tertiary/aromatic N) is 3. The van der Waals surface area contributed by atoms with Gasteiger partial charge in [-0.25, -0.2) is 18.2 Å². The average Bonchev–Trinajstić information content (AvgIpc) is 3.01. The number of amides is 2. The highest BCUT2D eigenvalue weighted by Gasteiger charge is 2.50. The largest absolute Gasteiger partial charge is 0.339 e. The van der Waals surface area contributed by atoms with Crippen molar-refractivity contribution in [3.05, 3.63) is 16.7 Å². The van der Waals surface area contributed by atoms with Gasteiger partial charge in [-0.05, 0) is 0 Å². The first-order valence-electron chi connectivity index (χ1n) is 6.18. The van der Waals surface area contributed by atoms with Crippen LogP contribution in [-0.4, -0.2) is 58.0 Å². The molecule has 0 saturated carbocycles. The number of carbonyl (C=O) groups is 1. The van der Waals surface area contributed by atoms with Gasteiger partial charge in [-0.15, -0.1) is 0 Å². The molecule has 2 aliphatic rings. The number of imidazole rings is 1. The molecule has 2 saturated heterocycles. The Bertz CT molecular complexity index is 915. The van der Waals surface area contributed by atoms with Crippen LogP contribution in [0.5, 0.6) is 0 Å². The standard InChI is InChI=1S/C10H10N6O4S/c17-8-6-7(12-3-11-6)14-9(15-8)16-5-2-21(19,20)1-4(5)13-10(16)18/h3-5H,1-2H2,(H,13,18)(H2,11,12,14,15,17)/t4-,5+/m0/s1. The van der Waals surface area contributed by atoms with Crippen LogP contribution in [0.1, 0.15) is 0 Å². The lowest BCUT2D eigenvalue weighted by atomic mass is 10.2. The van der Waals surface area contributed by atoms with Crippen LogP contribution >= 0.6 is 0 Å². The van der Waals surface area contributed by atoms with Crippen LogP contribution in [-0.2, 0) is 9.84 Å². The summed E-state index contributed by atoms with van der Waals surface area (Å²) in [7, 11) is -3.21. The molecule has 0 bridgehead atoms. The van der Waals surface area contributed by atoms with E-state index in [1.807, 2.05) is 0 Å². The Morgan fingerprint density at radius 2 is 2.10 bits per heavy atom. The van der Waals surface area contributed by atoms with E-state index in [2.05, 4.69) is 25.3 Å². The summed E-state index contributed by atoms with van der Waals surface area (Å²) in [6.07, 6.45) is 1.32. The van der Waals surface area contributed by atoms with Crippen molar-refractivity contribution in [2.45, 2.75) is 12.1 Å². The van der Waals surface area contributed by atoms with Crippen molar-refractivity contribution in [3.8, 4) is 0 Å². The molecule has 3 N–H and O–H groups in total. The SMILES string of the molecule is O=C1N[C@H]2CS(=O)(=O)C[C@H]2N1c1nc2nc[nH]c2c(=O)[nH]1. The van der Waals surface area contributed by atoms with E-state index >= 15 is 0 Å². The highest BCUT2D eigenvalue weighted by Crippen LogP contribution is 2.27. The van der Waals surface area contributed by atoms with Gasteiger partial charge in [0.15, 0.2) is 21.0 Å². The van der Waals surface area contributed by atoms with E-state index in [1.54, 1.807) is 0 Å². The van der Waals surface area contributed by atoms with E-state index in [0.29, 0.717) is 0 Å². The third kappa shape index (κ3) is 1.73. The smallest absolute Gasteiger partial charge is 0.324 e. The number of fused-ring (bicyclic) bond motifs is 2. The van der Waals surface area contributed by atoms with Crippen molar-refractivity contribution in [2.75, 3.05) is 16.4 Å². The Morgan fingerprint density at radius 1 is 1.29 bits per heavy atom. The average molecular weight is 310 g/mol. The molecule has 11 heteroatoms. The number of hydrogen-bond acceptors (Lipinski definition) is 6. The van der Waals surface area contributed by atoms with Crippen LogP contribution in [0.4, 0.5) is 10.7 Å². The number of carbonyl (C=O) groups excluding carboxylic acids is 1. The Balaban J connectivity index is 1.84. The van der Waals surface area contributed by atoms with Gasteiger partial charge in [-0.1, -0.05) is 0 Å². The second-order valence-electron chi connectivity index (χ2n) is 5.06. The Kier molecular flexibility index (Phi) is 2.24. The summed E-state index contributed by atoms with van der Waals surface area (Å²) in [6, 6.07) is -1.53. The van der Waals surface area contributed by atoms with Gasteiger partial charge in [0.05, 0.1) is 29.9 Å². The van der Waals surface area contributed by atoms with Crippen LogP contribution in [0.15, 0.2) is 11.1 Å². The second-order valence-corrected chi connectivity index (χ2v) is 7.21. The molecule has 10 nitrogen and oxygen atoms in total. The van der Waals surface area contributed by atoms with Gasteiger partial charge < -0.3 is 10.3 Å². The molecule has 0 spiro atoms. The summed E-state index contributed by atoms with van der Waals surface area (Å²) in [5.74, 6) is -0.255. The van der Waals surface area contributed by atoms with Crippen molar-refractivity contribution in [1.29, 1.82) is 0 Å². The summed E-state index contributed by atoms with van der Waals surface area (Å²) in [4.78, 5) is 38.2. The molecule has 4 rings (SSSR count). The predicted octanol–water partition coefficient (Wildman–Crippen LogP) is -1.66. The van der Waals surface area contributed by atoms with E-state index in [1.165, 1.54) is 11.2 Å². The lowest BCUT2D eigenvalue weighted by Gasteiger charge is -2.19. The Labute approximate surface area is 117 Å². The minimum atomic E-state index is -3.21. The van der Waals surface area contributed by atoms with E-state index in [4.69, 9.17) is 0 Å². The topological polar surface area (TPSA) is 141 Å². The summed E-state index contributed by atoms with van der Waals surface area (Å²) in [5, 5.41) is 2.60. The zero-order chi connectivity index (χ0) is 14.8. The number of aromatic nitrogens is 4. The van der Waals surface area contributed by atoms with Gasteiger partial charge >= 0.3 is 6.03 Å². The van der Waals surface area contributed by atoms with Gasteiger partial charge in [0.1, 0.15) is 0 Å². The maximum Gasteiger partial charge on any atom is 0.324 e. The van der Waals surface area contributed by atoms with E-state index in [9.17, 15) is 18.0 Å². The lowest BCUT2D eigenvalue weighted by Crippen LogP contribution is -2.39. The van der Waals surface area contributed by atoms with Gasteiger partial charge in [-0.2, -0.15) is 4.98 Å². The van der Waals surface area contributed by atoms with Crippen LogP contribution in [0.25, 0.3) is 11.2 Å². The van der Waals surface area contributed by atoms with Crippen molar-refractivity contribution in [3.63, 3.8) is 0 Å². The molecular weight excluding hydrogens is 300 g/mol. The quantitative estimate of drug-likeness (QED) is 0.538. The highest BCUT2D eigenvalue weighted by molar-refractivity contribution is 7.91. The maximum atomic E-state index is 12.0. The molecule has 4 heterocycles. The van der Waals surface area contributed by atoms with Crippen LogP contribution < -0.4 is 15.8 Å². The molecule has 0 aromatic carbocycles. The van der Waals surface area contributed by atoms with Gasteiger partial charge in [0, 0.05) is 0 Å². The number of sulfone groups is 1. The van der Waals surface area contributed by atoms with Crippen LogP contribution in [0, 0.1) is 0 Å². The molecule has 0 aliphatic carbocycles. The van der Waals surface area contributed by atoms with Gasteiger partial charge in [0.25, 0.3) is 5.56 Å². The molecule has 2 aliphatic heterocycles. The van der Waals surface area contributed by atoms with Gasteiger partial charge in [-0.3, -0.25) is 14.7 Å². The summed E-state index contributed by atoms with van der Waals surface area (Å²) < 4.78 is 23.4. The molecule has 2 amide bonds. The minimum Gasteiger partial charge on any atom is -0.339 e.